The van der Waals surface area contributed by atoms with Crippen LogP contribution in [0.5, 0.6) is 17.2 Å². The van der Waals surface area contributed by atoms with Crippen LogP contribution in [0.2, 0.25) is 5.02 Å². The normalized spacial score (nSPS) is 11.2. The molecule has 1 N–H and O–H groups in total. The van der Waals surface area contributed by atoms with E-state index in [-0.39, 0.29) is 12.0 Å². The van der Waals surface area contributed by atoms with Crippen LogP contribution in [0.4, 0.5) is 0 Å². The highest BCUT2D eigenvalue weighted by molar-refractivity contribution is 6.32. The van der Waals surface area contributed by atoms with Crippen molar-refractivity contribution in [1.82, 2.24) is 5.43 Å². The fourth-order valence-electron chi connectivity index (χ4n) is 3.07. The van der Waals surface area contributed by atoms with Gasteiger partial charge in [0.25, 0.3) is 5.91 Å². The molecule has 0 bridgehead atoms. The van der Waals surface area contributed by atoms with E-state index in [1.807, 2.05) is 51.1 Å². The van der Waals surface area contributed by atoms with Crippen molar-refractivity contribution in [2.75, 3.05) is 13.7 Å². The molecule has 0 unspecified atom stereocenters. The summed E-state index contributed by atoms with van der Waals surface area (Å²) in [6.45, 7) is 6.17. The number of hydrogen-bond acceptors (Lipinski definition) is 5. The lowest BCUT2D eigenvalue weighted by atomic mass is 10.1. The maximum absolute atomic E-state index is 12.7. The molecule has 0 saturated carbocycles. The van der Waals surface area contributed by atoms with Gasteiger partial charge in [-0.3, -0.25) is 4.79 Å². The Morgan fingerprint density at radius 3 is 2.48 bits per heavy atom. The van der Waals surface area contributed by atoms with E-state index in [4.69, 9.17) is 25.8 Å². The van der Waals surface area contributed by atoms with Crippen LogP contribution < -0.4 is 19.6 Å². The molecule has 1 amide bonds. The molecule has 0 aliphatic carbocycles. The van der Waals surface area contributed by atoms with Gasteiger partial charge in [-0.05, 0) is 61.4 Å². The fourth-order valence-corrected chi connectivity index (χ4v) is 3.33. The Kier molecular flexibility index (Phi) is 7.36. The Morgan fingerprint density at radius 1 is 1.13 bits per heavy atom. The topological polar surface area (TPSA) is 69.2 Å². The van der Waals surface area contributed by atoms with Crippen LogP contribution in [-0.2, 0) is 0 Å². The smallest absolute Gasteiger partial charge is 0.275 e. The third-order valence-electron chi connectivity index (χ3n) is 4.38. The average Bonchev–Trinajstić information content (AvgIpc) is 2.75. The molecule has 7 heteroatoms. The molecule has 0 radical (unpaired) electrons. The number of nitrogens with one attached hydrogen (secondary N) is 1. The highest BCUT2D eigenvalue weighted by Gasteiger charge is 2.15. The van der Waals surface area contributed by atoms with E-state index in [9.17, 15) is 4.79 Å². The van der Waals surface area contributed by atoms with E-state index in [2.05, 4.69) is 10.5 Å². The number of halogens is 1. The Balaban J connectivity index is 1.81. The fraction of sp³-hybridized carbons (Fsp3) is 0.250. The van der Waals surface area contributed by atoms with E-state index in [1.165, 1.54) is 13.3 Å². The number of hydrazone groups is 1. The summed E-state index contributed by atoms with van der Waals surface area (Å²) in [6.07, 6.45) is 1.45. The molecule has 0 atom stereocenters. The number of ether oxygens (including phenoxy) is 3. The van der Waals surface area contributed by atoms with Crippen LogP contribution in [0, 0.1) is 0 Å². The number of nitrogens with zero attached hydrogens (tertiary/aromatic N) is 1. The Hall–Kier alpha value is -3.25. The average molecular weight is 441 g/mol. The third-order valence-corrected chi connectivity index (χ3v) is 4.66. The minimum absolute atomic E-state index is 0.0487. The van der Waals surface area contributed by atoms with Gasteiger partial charge in [-0.25, -0.2) is 5.43 Å². The molecule has 0 heterocycles. The van der Waals surface area contributed by atoms with Crippen molar-refractivity contribution >= 4 is 34.5 Å². The number of benzene rings is 3. The molecule has 3 aromatic rings. The molecular weight excluding hydrogens is 416 g/mol. The van der Waals surface area contributed by atoms with Gasteiger partial charge in [-0.2, -0.15) is 5.10 Å². The largest absolute Gasteiger partial charge is 0.496 e. The molecule has 0 aliphatic rings. The predicted molar refractivity (Wildman–Crippen MR) is 124 cm³/mol. The molecular formula is C24H25ClN2O4. The van der Waals surface area contributed by atoms with Gasteiger partial charge in [0.2, 0.25) is 0 Å². The van der Waals surface area contributed by atoms with Crippen molar-refractivity contribution in [3.8, 4) is 17.2 Å². The Bertz CT molecular complexity index is 1110. The van der Waals surface area contributed by atoms with Crippen molar-refractivity contribution < 1.29 is 19.0 Å². The van der Waals surface area contributed by atoms with Gasteiger partial charge in [0.15, 0.2) is 11.5 Å². The van der Waals surface area contributed by atoms with Crippen LogP contribution >= 0.6 is 11.6 Å². The highest BCUT2D eigenvalue weighted by Crippen LogP contribution is 2.37. The number of amides is 1. The van der Waals surface area contributed by atoms with Crippen LogP contribution in [0.25, 0.3) is 10.8 Å². The zero-order chi connectivity index (χ0) is 22.4. The number of methoxy groups -OCH3 is 1. The first-order valence-electron chi connectivity index (χ1n) is 9.96. The summed E-state index contributed by atoms with van der Waals surface area (Å²) in [4.78, 5) is 12.7. The molecule has 0 aromatic heterocycles. The van der Waals surface area contributed by atoms with Gasteiger partial charge in [-0.1, -0.05) is 35.9 Å². The molecule has 31 heavy (non-hydrogen) atoms. The summed E-state index contributed by atoms with van der Waals surface area (Å²) in [7, 11) is 1.53. The van der Waals surface area contributed by atoms with Crippen molar-refractivity contribution in [2.24, 2.45) is 5.10 Å². The van der Waals surface area contributed by atoms with Gasteiger partial charge >= 0.3 is 0 Å². The summed E-state index contributed by atoms with van der Waals surface area (Å²) in [5, 5.41) is 6.40. The second-order valence-corrected chi connectivity index (χ2v) is 7.44. The predicted octanol–water partition coefficient (Wildman–Crippen LogP) is 5.45. The summed E-state index contributed by atoms with van der Waals surface area (Å²) in [5.74, 6) is 1.10. The third kappa shape index (κ3) is 5.47. The summed E-state index contributed by atoms with van der Waals surface area (Å²) < 4.78 is 16.8. The summed E-state index contributed by atoms with van der Waals surface area (Å²) in [6, 6.07) is 14.8. The number of hydrogen-bond donors (Lipinski definition) is 1. The van der Waals surface area contributed by atoms with E-state index >= 15 is 0 Å². The van der Waals surface area contributed by atoms with E-state index in [1.54, 1.807) is 18.2 Å². The van der Waals surface area contributed by atoms with E-state index in [0.717, 1.165) is 10.8 Å². The lowest BCUT2D eigenvalue weighted by Gasteiger charge is -2.16. The lowest BCUT2D eigenvalue weighted by Crippen LogP contribution is -2.18. The zero-order valence-electron chi connectivity index (χ0n) is 17.9. The van der Waals surface area contributed by atoms with Crippen molar-refractivity contribution in [3.63, 3.8) is 0 Å². The van der Waals surface area contributed by atoms with Gasteiger partial charge in [0.05, 0.1) is 36.6 Å². The van der Waals surface area contributed by atoms with Crippen molar-refractivity contribution in [3.05, 3.63) is 64.7 Å². The second kappa shape index (κ2) is 10.2. The molecule has 162 valence electrons. The maximum Gasteiger partial charge on any atom is 0.275 e. The molecule has 0 fully saturated rings. The molecule has 3 rings (SSSR count). The van der Waals surface area contributed by atoms with Gasteiger partial charge in [-0.15, -0.1) is 0 Å². The Morgan fingerprint density at radius 2 is 1.84 bits per heavy atom. The number of fused-ring (bicyclic) bond motifs is 1. The first-order chi connectivity index (χ1) is 14.9. The molecule has 0 aliphatic heterocycles. The van der Waals surface area contributed by atoms with Crippen LogP contribution in [0.3, 0.4) is 0 Å². The highest BCUT2D eigenvalue weighted by atomic mass is 35.5. The molecule has 0 saturated heterocycles. The van der Waals surface area contributed by atoms with Gasteiger partial charge < -0.3 is 14.2 Å². The summed E-state index contributed by atoms with van der Waals surface area (Å²) >= 11 is 6.38. The minimum atomic E-state index is -0.380. The van der Waals surface area contributed by atoms with Crippen molar-refractivity contribution in [1.29, 1.82) is 0 Å². The zero-order valence-corrected chi connectivity index (χ0v) is 18.7. The summed E-state index contributed by atoms with van der Waals surface area (Å²) in [5.41, 5.74) is 3.60. The Labute approximate surface area is 186 Å². The van der Waals surface area contributed by atoms with Gasteiger partial charge in [0.1, 0.15) is 5.75 Å². The van der Waals surface area contributed by atoms with E-state index < -0.39 is 0 Å². The molecule has 6 nitrogen and oxygen atoms in total. The lowest BCUT2D eigenvalue weighted by molar-refractivity contribution is 0.0952. The number of rotatable bonds is 8. The SMILES string of the molecule is CCOc1cc(/C=N\NC(=O)c2cc3ccccc3cc2OC)cc(Cl)c1OC(C)C. The first-order valence-corrected chi connectivity index (χ1v) is 10.3. The van der Waals surface area contributed by atoms with Gasteiger partial charge in [0, 0.05) is 0 Å². The quantitative estimate of drug-likeness (QED) is 0.373. The van der Waals surface area contributed by atoms with E-state index in [0.29, 0.717) is 40.0 Å². The standard InChI is InChI=1S/C24H25ClN2O4/c1-5-30-22-11-16(10-20(25)23(22)31-15(2)3)14-26-27-24(28)19-12-17-8-6-7-9-18(17)13-21(19)29-4/h6-15H,5H2,1-4H3,(H,27,28)/b26-14-. The minimum Gasteiger partial charge on any atom is -0.496 e. The number of carbonyl (C=O) groups excluding carboxylic acids is 1. The molecule has 3 aromatic carbocycles. The number of carbonyl (C=O) groups is 1. The van der Waals surface area contributed by atoms with Crippen LogP contribution in [0.15, 0.2) is 53.6 Å². The van der Waals surface area contributed by atoms with Crippen LogP contribution in [0.1, 0.15) is 36.7 Å². The van der Waals surface area contributed by atoms with Crippen molar-refractivity contribution in [2.45, 2.75) is 26.9 Å². The second-order valence-electron chi connectivity index (χ2n) is 7.03. The molecule has 0 spiro atoms. The first kappa shape index (κ1) is 22.4. The maximum atomic E-state index is 12.7. The monoisotopic (exact) mass is 440 g/mol. The van der Waals surface area contributed by atoms with Crippen LogP contribution in [-0.4, -0.2) is 31.9 Å².